The molecule has 0 saturated carbocycles. The van der Waals surface area contributed by atoms with Gasteiger partial charge in [0.05, 0.1) is 19.1 Å². The summed E-state index contributed by atoms with van der Waals surface area (Å²) in [6, 6.07) is 9.59. The average Bonchev–Trinajstić information content (AvgIpc) is 2.64. The number of rotatable bonds is 13. The summed E-state index contributed by atoms with van der Waals surface area (Å²) >= 11 is 0. The van der Waals surface area contributed by atoms with E-state index in [1.165, 1.54) is 0 Å². The summed E-state index contributed by atoms with van der Waals surface area (Å²) in [5, 5.41) is 9.68. The lowest BCUT2D eigenvalue weighted by atomic mass is 9.88. The Kier molecular flexibility index (Phi) is 10.8. The van der Waals surface area contributed by atoms with Crippen LogP contribution in [0.5, 0.6) is 0 Å². The first-order valence-corrected chi connectivity index (χ1v) is 9.55. The highest BCUT2D eigenvalue weighted by molar-refractivity contribution is 5.72. The molecule has 0 saturated heterocycles. The monoisotopic (exact) mass is 378 g/mol. The molecule has 0 radical (unpaired) electrons. The fraction of sp³-hybridized carbons (Fsp3) is 0.571. The van der Waals surface area contributed by atoms with Gasteiger partial charge in [-0.2, -0.15) is 0 Å². The van der Waals surface area contributed by atoms with Crippen molar-refractivity contribution < 1.29 is 29.0 Å². The van der Waals surface area contributed by atoms with Gasteiger partial charge in [-0.25, -0.2) is 0 Å². The van der Waals surface area contributed by atoms with Crippen molar-refractivity contribution in [2.45, 2.75) is 52.4 Å². The van der Waals surface area contributed by atoms with E-state index in [1.807, 2.05) is 44.2 Å². The second kappa shape index (κ2) is 12.9. The number of carboxylic acids is 1. The third kappa shape index (κ3) is 9.22. The smallest absolute Gasteiger partial charge is 0.307 e. The highest BCUT2D eigenvalue weighted by Crippen LogP contribution is 2.21. The Morgan fingerprint density at radius 3 is 1.89 bits per heavy atom. The van der Waals surface area contributed by atoms with Crippen LogP contribution in [-0.2, 0) is 30.3 Å². The van der Waals surface area contributed by atoms with Crippen LogP contribution in [0.25, 0.3) is 0 Å². The predicted octanol–water partition coefficient (Wildman–Crippen LogP) is 3.62. The second-order valence-corrected chi connectivity index (χ2v) is 6.60. The largest absolute Gasteiger partial charge is 0.481 e. The van der Waals surface area contributed by atoms with Crippen LogP contribution in [0, 0.1) is 11.8 Å². The normalized spacial score (nSPS) is 11.8. The number of ether oxygens (including phenoxy) is 2. The molecule has 1 aromatic rings. The van der Waals surface area contributed by atoms with Gasteiger partial charge in [0.1, 0.15) is 0 Å². The average molecular weight is 378 g/mol. The number of hydrogen-bond acceptors (Lipinski definition) is 5. The minimum Gasteiger partial charge on any atom is -0.481 e. The molecule has 1 aromatic carbocycles. The van der Waals surface area contributed by atoms with Crippen LogP contribution < -0.4 is 0 Å². The third-order valence-corrected chi connectivity index (χ3v) is 4.30. The molecule has 0 aliphatic carbocycles. The minimum atomic E-state index is -0.978. The van der Waals surface area contributed by atoms with Crippen LogP contribution in [0.2, 0.25) is 0 Å². The quantitative estimate of drug-likeness (QED) is 0.527. The number of aryl methyl sites for hydroxylation is 1. The number of carboxylic acid groups (broad SMARTS) is 1. The van der Waals surface area contributed by atoms with Gasteiger partial charge in [-0.1, -0.05) is 44.2 Å². The van der Waals surface area contributed by atoms with Gasteiger partial charge in [0.15, 0.2) is 0 Å². The highest BCUT2D eigenvalue weighted by Gasteiger charge is 2.30. The van der Waals surface area contributed by atoms with Gasteiger partial charge in [-0.05, 0) is 31.2 Å². The lowest BCUT2D eigenvalue weighted by Crippen LogP contribution is -2.33. The van der Waals surface area contributed by atoms with E-state index in [-0.39, 0.29) is 38.0 Å². The fourth-order valence-corrected chi connectivity index (χ4v) is 2.76. The van der Waals surface area contributed by atoms with E-state index in [1.54, 1.807) is 0 Å². The molecule has 0 spiro atoms. The zero-order valence-electron chi connectivity index (χ0n) is 16.2. The zero-order chi connectivity index (χ0) is 20.1. The van der Waals surface area contributed by atoms with Gasteiger partial charge in [0, 0.05) is 18.8 Å². The molecule has 6 nitrogen and oxygen atoms in total. The van der Waals surface area contributed by atoms with E-state index in [0.29, 0.717) is 25.7 Å². The Morgan fingerprint density at radius 2 is 1.44 bits per heavy atom. The Balaban J connectivity index is 2.76. The molecular formula is C21H30O6. The van der Waals surface area contributed by atoms with Crippen molar-refractivity contribution in [1.29, 1.82) is 0 Å². The van der Waals surface area contributed by atoms with Crippen molar-refractivity contribution in [2.75, 3.05) is 13.2 Å². The molecular weight excluding hydrogens is 348 g/mol. The van der Waals surface area contributed by atoms with Crippen molar-refractivity contribution in [3.63, 3.8) is 0 Å². The summed E-state index contributed by atoms with van der Waals surface area (Å²) in [4.78, 5) is 35.2. The lowest BCUT2D eigenvalue weighted by molar-refractivity contribution is -0.157. The van der Waals surface area contributed by atoms with E-state index in [4.69, 9.17) is 9.47 Å². The molecule has 6 heteroatoms. The molecule has 0 amide bonds. The molecule has 0 aliphatic rings. The number of carbonyl (C=O) groups excluding carboxylic acids is 2. The van der Waals surface area contributed by atoms with E-state index >= 15 is 0 Å². The first kappa shape index (κ1) is 22.7. The Morgan fingerprint density at radius 1 is 0.926 bits per heavy atom. The van der Waals surface area contributed by atoms with Crippen molar-refractivity contribution in [2.24, 2.45) is 11.8 Å². The number of aliphatic carboxylic acids is 1. The van der Waals surface area contributed by atoms with Crippen LogP contribution >= 0.6 is 0 Å². The molecule has 1 N–H and O–H groups in total. The van der Waals surface area contributed by atoms with Crippen molar-refractivity contribution in [3.8, 4) is 0 Å². The molecule has 27 heavy (non-hydrogen) atoms. The fourth-order valence-electron chi connectivity index (χ4n) is 2.76. The predicted molar refractivity (Wildman–Crippen MR) is 101 cm³/mol. The van der Waals surface area contributed by atoms with Crippen molar-refractivity contribution in [3.05, 3.63) is 35.9 Å². The van der Waals surface area contributed by atoms with Crippen LogP contribution in [0.3, 0.4) is 0 Å². The number of hydrogen-bond donors (Lipinski definition) is 1. The maximum Gasteiger partial charge on any atom is 0.307 e. The Hall–Kier alpha value is -2.37. The molecule has 1 atom stereocenters. The van der Waals surface area contributed by atoms with Crippen LogP contribution in [0.4, 0.5) is 0 Å². The number of esters is 2. The van der Waals surface area contributed by atoms with Crippen LogP contribution in [0.15, 0.2) is 30.3 Å². The van der Waals surface area contributed by atoms with E-state index in [2.05, 4.69) is 0 Å². The summed E-state index contributed by atoms with van der Waals surface area (Å²) in [6.45, 7) is 3.60. The first-order valence-electron chi connectivity index (χ1n) is 9.55. The van der Waals surface area contributed by atoms with Crippen LogP contribution in [0.1, 0.15) is 51.5 Å². The number of benzene rings is 1. The minimum absolute atomic E-state index is 0.0655. The molecule has 1 rings (SSSR count). The molecule has 0 aliphatic heterocycles. The van der Waals surface area contributed by atoms with Gasteiger partial charge in [0.2, 0.25) is 0 Å². The summed E-state index contributed by atoms with van der Waals surface area (Å²) in [5.41, 5.74) is 1.04. The van der Waals surface area contributed by atoms with Gasteiger partial charge in [-0.3, -0.25) is 14.4 Å². The van der Waals surface area contributed by atoms with Gasteiger partial charge in [-0.15, -0.1) is 0 Å². The SMILES string of the molecule is CCCC(=O)OCC(COC(=O)CCC)C(CCc1ccccc1)C(=O)O. The maximum atomic E-state index is 11.8. The standard InChI is InChI=1S/C21H30O6/c1-3-8-19(22)26-14-17(15-27-20(23)9-4-2)18(21(24)25)13-12-16-10-6-5-7-11-16/h5-7,10-11,17-18H,3-4,8-9,12-15H2,1-2H3,(H,24,25). The number of carbonyl (C=O) groups is 3. The summed E-state index contributed by atoms with van der Waals surface area (Å²) < 4.78 is 10.5. The van der Waals surface area contributed by atoms with E-state index < -0.39 is 17.8 Å². The molecule has 0 fully saturated rings. The molecule has 0 aromatic heterocycles. The molecule has 0 heterocycles. The lowest BCUT2D eigenvalue weighted by Gasteiger charge is -2.23. The highest BCUT2D eigenvalue weighted by atomic mass is 16.5. The molecule has 1 unspecified atom stereocenters. The second-order valence-electron chi connectivity index (χ2n) is 6.60. The van der Waals surface area contributed by atoms with Gasteiger partial charge < -0.3 is 14.6 Å². The van der Waals surface area contributed by atoms with Gasteiger partial charge >= 0.3 is 17.9 Å². The van der Waals surface area contributed by atoms with E-state index in [9.17, 15) is 19.5 Å². The zero-order valence-corrected chi connectivity index (χ0v) is 16.2. The van der Waals surface area contributed by atoms with E-state index in [0.717, 1.165) is 5.56 Å². The Bertz CT molecular complexity index is 562. The topological polar surface area (TPSA) is 89.9 Å². The van der Waals surface area contributed by atoms with Crippen molar-refractivity contribution >= 4 is 17.9 Å². The van der Waals surface area contributed by atoms with Crippen molar-refractivity contribution in [1.82, 2.24) is 0 Å². The maximum absolute atomic E-state index is 11.8. The third-order valence-electron chi connectivity index (χ3n) is 4.30. The van der Waals surface area contributed by atoms with Crippen LogP contribution in [-0.4, -0.2) is 36.2 Å². The Labute approximate surface area is 160 Å². The first-order chi connectivity index (χ1) is 13.0. The molecule has 150 valence electrons. The summed E-state index contributed by atoms with van der Waals surface area (Å²) in [5.74, 6) is -3.06. The summed E-state index contributed by atoms with van der Waals surface area (Å²) in [6.07, 6.45) is 2.84. The van der Waals surface area contributed by atoms with Gasteiger partial charge in [0.25, 0.3) is 0 Å². The molecule has 0 bridgehead atoms. The summed E-state index contributed by atoms with van der Waals surface area (Å²) in [7, 11) is 0.